The lowest BCUT2D eigenvalue weighted by Crippen LogP contribution is -2.29. The van der Waals surface area contributed by atoms with Gasteiger partial charge in [-0.05, 0) is 39.3 Å². The van der Waals surface area contributed by atoms with Gasteiger partial charge in [-0.2, -0.15) is 0 Å². The fourth-order valence-electron chi connectivity index (χ4n) is 1.39. The van der Waals surface area contributed by atoms with Crippen molar-refractivity contribution < 1.29 is 23.2 Å². The van der Waals surface area contributed by atoms with Gasteiger partial charge in [0.1, 0.15) is 5.78 Å². The average molecular weight is 319 g/mol. The summed E-state index contributed by atoms with van der Waals surface area (Å²) in [7, 11) is -3.77. The Kier molecular flexibility index (Phi) is 7.36. The summed E-state index contributed by atoms with van der Waals surface area (Å²) < 4.78 is 10.5. The Balaban J connectivity index is 3.91. The van der Waals surface area contributed by atoms with Crippen LogP contribution in [0.25, 0.3) is 0 Å². The van der Waals surface area contributed by atoms with Crippen molar-refractivity contribution in [1.29, 1.82) is 0 Å². The molecule has 7 heteroatoms. The normalized spacial score (nSPS) is 11.9. The highest BCUT2D eigenvalue weighted by Gasteiger charge is 2.22. The van der Waals surface area contributed by atoms with Crippen molar-refractivity contribution in [3.05, 3.63) is 0 Å². The molecule has 0 fully saturated rings. The van der Waals surface area contributed by atoms with Gasteiger partial charge in [-0.1, -0.05) is 0 Å². The zero-order chi connectivity index (χ0) is 16.0. The van der Waals surface area contributed by atoms with Crippen molar-refractivity contribution in [2.75, 3.05) is 0 Å². The van der Waals surface area contributed by atoms with Crippen LogP contribution in [0.3, 0.4) is 0 Å². The molecule has 0 aromatic heterocycles. The molecule has 0 bridgehead atoms. The van der Waals surface area contributed by atoms with Gasteiger partial charge in [0.05, 0.1) is 12.8 Å². The standard InChI is InChI=1S/C13H26O5Si2/c1-19(2,3)17-12(15)9-7-11(14)8-10-13(16)18-20(4,5)6/h7-10H2,1-6H3. The number of rotatable bonds is 8. The van der Waals surface area contributed by atoms with Gasteiger partial charge < -0.3 is 8.85 Å². The fraction of sp³-hybridized carbons (Fsp3) is 0.769. The molecule has 5 nitrogen and oxygen atoms in total. The zero-order valence-electron chi connectivity index (χ0n) is 13.4. The molecule has 0 radical (unpaired) electrons. The Hall–Kier alpha value is -0.956. The Morgan fingerprint density at radius 2 is 0.950 bits per heavy atom. The highest BCUT2D eigenvalue weighted by Crippen LogP contribution is 2.09. The third-order valence-corrected chi connectivity index (χ3v) is 3.74. The van der Waals surface area contributed by atoms with Crippen molar-refractivity contribution in [2.45, 2.75) is 65.0 Å². The molecular weight excluding hydrogens is 292 g/mol. The number of ketones is 1. The van der Waals surface area contributed by atoms with E-state index in [0.717, 1.165) is 0 Å². The van der Waals surface area contributed by atoms with E-state index in [4.69, 9.17) is 8.85 Å². The molecule has 0 aromatic carbocycles. The van der Waals surface area contributed by atoms with E-state index < -0.39 is 16.6 Å². The summed E-state index contributed by atoms with van der Waals surface area (Å²) in [4.78, 5) is 34.5. The van der Waals surface area contributed by atoms with Gasteiger partial charge >= 0.3 is 0 Å². The van der Waals surface area contributed by atoms with E-state index in [2.05, 4.69) is 0 Å². The highest BCUT2D eigenvalue weighted by atomic mass is 28.4. The minimum Gasteiger partial charge on any atom is -0.520 e. The average Bonchev–Trinajstić information content (AvgIpc) is 2.18. The van der Waals surface area contributed by atoms with Crippen molar-refractivity contribution in [2.24, 2.45) is 0 Å². The van der Waals surface area contributed by atoms with Gasteiger partial charge in [0.15, 0.2) is 0 Å². The minimum atomic E-state index is -1.89. The Bertz CT molecular complexity index is 332. The van der Waals surface area contributed by atoms with Crippen LogP contribution in [-0.4, -0.2) is 34.4 Å². The van der Waals surface area contributed by atoms with Crippen LogP contribution in [-0.2, 0) is 23.2 Å². The number of carbonyl (C=O) groups is 3. The predicted octanol–water partition coefficient (Wildman–Crippen LogP) is 2.87. The lowest BCUT2D eigenvalue weighted by atomic mass is 10.1. The van der Waals surface area contributed by atoms with Crippen LogP contribution in [0.4, 0.5) is 0 Å². The number of Topliss-reactive ketones (excluding diaryl/α,β-unsaturated/α-hetero) is 1. The minimum absolute atomic E-state index is 0.0895. The molecule has 0 rings (SSSR count). The second kappa shape index (κ2) is 7.73. The van der Waals surface area contributed by atoms with Gasteiger partial charge in [0, 0.05) is 12.8 Å². The molecule has 20 heavy (non-hydrogen) atoms. The van der Waals surface area contributed by atoms with E-state index in [9.17, 15) is 14.4 Å². The summed E-state index contributed by atoms with van der Waals surface area (Å²) in [6.45, 7) is 11.5. The highest BCUT2D eigenvalue weighted by molar-refractivity contribution is 6.71. The maximum atomic E-state index is 11.6. The van der Waals surface area contributed by atoms with E-state index >= 15 is 0 Å². The summed E-state index contributed by atoms with van der Waals surface area (Å²) in [6, 6.07) is 0. The summed E-state index contributed by atoms with van der Waals surface area (Å²) in [6.07, 6.45) is 0.436. The predicted molar refractivity (Wildman–Crippen MR) is 82.4 cm³/mol. The zero-order valence-corrected chi connectivity index (χ0v) is 15.4. The van der Waals surface area contributed by atoms with E-state index in [1.165, 1.54) is 0 Å². The molecule has 0 heterocycles. The molecule has 0 N–H and O–H groups in total. The molecule has 116 valence electrons. The first-order valence-electron chi connectivity index (χ1n) is 6.84. The molecule has 0 aliphatic heterocycles. The molecule has 0 unspecified atom stereocenters. The first kappa shape index (κ1) is 19.0. The van der Waals surface area contributed by atoms with Gasteiger partial charge in [-0.25, -0.2) is 0 Å². The van der Waals surface area contributed by atoms with Crippen LogP contribution in [0.15, 0.2) is 0 Å². The van der Waals surface area contributed by atoms with E-state index in [1.54, 1.807) is 0 Å². The summed E-state index contributed by atoms with van der Waals surface area (Å²) >= 11 is 0. The fourth-order valence-corrected chi connectivity index (χ4v) is 2.96. The molecule has 0 aliphatic rings. The molecule has 0 spiro atoms. The Morgan fingerprint density at radius 3 is 1.20 bits per heavy atom. The topological polar surface area (TPSA) is 69.7 Å². The molecule has 0 saturated heterocycles. The molecule has 0 aliphatic carbocycles. The SMILES string of the molecule is C[Si](C)(C)OC(=O)CCC(=O)CCC(=O)O[Si](C)(C)C. The van der Waals surface area contributed by atoms with Gasteiger partial charge in [0.25, 0.3) is 11.9 Å². The van der Waals surface area contributed by atoms with E-state index in [0.29, 0.717) is 0 Å². The Morgan fingerprint density at radius 1 is 0.650 bits per heavy atom. The van der Waals surface area contributed by atoms with E-state index in [1.807, 2.05) is 39.3 Å². The van der Waals surface area contributed by atoms with Crippen molar-refractivity contribution >= 4 is 34.4 Å². The smallest absolute Gasteiger partial charge is 0.292 e. The first-order chi connectivity index (χ1) is 8.89. The van der Waals surface area contributed by atoms with Crippen molar-refractivity contribution in [3.8, 4) is 0 Å². The second-order valence-electron chi connectivity index (χ2n) is 6.71. The lowest BCUT2D eigenvalue weighted by molar-refractivity contribution is -0.137. The summed E-state index contributed by atoms with van der Waals surface area (Å²) in [5.74, 6) is -0.769. The van der Waals surface area contributed by atoms with Crippen LogP contribution in [0.2, 0.25) is 39.3 Å². The van der Waals surface area contributed by atoms with Crippen LogP contribution in [0, 0.1) is 0 Å². The van der Waals surface area contributed by atoms with Crippen LogP contribution in [0.1, 0.15) is 25.7 Å². The van der Waals surface area contributed by atoms with Crippen LogP contribution in [0.5, 0.6) is 0 Å². The van der Waals surface area contributed by atoms with E-state index in [-0.39, 0.29) is 43.4 Å². The number of hydrogen-bond acceptors (Lipinski definition) is 5. The maximum absolute atomic E-state index is 11.6. The molecule has 0 aromatic rings. The Labute approximate surface area is 123 Å². The molecule has 0 saturated carbocycles. The monoisotopic (exact) mass is 318 g/mol. The number of carbonyl (C=O) groups excluding carboxylic acids is 3. The van der Waals surface area contributed by atoms with Crippen LogP contribution < -0.4 is 0 Å². The summed E-state index contributed by atoms with van der Waals surface area (Å²) in [5.41, 5.74) is 0. The number of hydrogen-bond donors (Lipinski definition) is 0. The van der Waals surface area contributed by atoms with Gasteiger partial charge in [-0.15, -0.1) is 0 Å². The van der Waals surface area contributed by atoms with Crippen molar-refractivity contribution in [1.82, 2.24) is 0 Å². The largest absolute Gasteiger partial charge is 0.520 e. The summed E-state index contributed by atoms with van der Waals surface area (Å²) in [5, 5.41) is 0. The molecular formula is C13H26O5Si2. The van der Waals surface area contributed by atoms with Crippen LogP contribution >= 0.6 is 0 Å². The quantitative estimate of drug-likeness (QED) is 0.644. The lowest BCUT2D eigenvalue weighted by Gasteiger charge is -2.17. The first-order valence-corrected chi connectivity index (χ1v) is 13.7. The molecule has 0 amide bonds. The third-order valence-electron chi connectivity index (χ3n) is 2.06. The van der Waals surface area contributed by atoms with Gasteiger partial charge in [-0.3, -0.25) is 14.4 Å². The van der Waals surface area contributed by atoms with Gasteiger partial charge in [0.2, 0.25) is 16.6 Å². The third kappa shape index (κ3) is 12.1. The van der Waals surface area contributed by atoms with Crippen molar-refractivity contribution in [3.63, 3.8) is 0 Å². The second-order valence-corrected chi connectivity index (χ2v) is 15.6. The molecule has 0 atom stereocenters. The maximum Gasteiger partial charge on any atom is 0.292 e.